The Morgan fingerprint density at radius 3 is 2.57 bits per heavy atom. The fourth-order valence-electron chi connectivity index (χ4n) is 4.26. The molecular formula is C19H25NO3. The molecule has 124 valence electrons. The highest BCUT2D eigenvalue weighted by Crippen LogP contribution is 2.59. The second-order valence-electron chi connectivity index (χ2n) is 7.78. The zero-order chi connectivity index (χ0) is 16.8. The number of amides is 1. The number of piperidine rings is 1. The number of hydrogen-bond acceptors (Lipinski definition) is 3. The van der Waals surface area contributed by atoms with Crippen LogP contribution in [-0.4, -0.2) is 37.0 Å². The topological polar surface area (TPSA) is 46.6 Å². The molecule has 1 heterocycles. The summed E-state index contributed by atoms with van der Waals surface area (Å²) in [5, 5.41) is 0. The van der Waals surface area contributed by atoms with Crippen LogP contribution in [0, 0.1) is 16.7 Å². The molecule has 1 aliphatic carbocycles. The molecule has 1 amide bonds. The second-order valence-corrected chi connectivity index (χ2v) is 7.78. The van der Waals surface area contributed by atoms with E-state index < -0.39 is 5.97 Å². The highest BCUT2D eigenvalue weighted by atomic mass is 16.5. The van der Waals surface area contributed by atoms with Gasteiger partial charge in [0.15, 0.2) is 0 Å². The number of likely N-dealkylation sites (tertiary alicyclic amines) is 1. The molecular weight excluding hydrogens is 290 g/mol. The van der Waals surface area contributed by atoms with Crippen molar-refractivity contribution >= 4 is 11.9 Å². The van der Waals surface area contributed by atoms with E-state index in [-0.39, 0.29) is 16.7 Å². The van der Waals surface area contributed by atoms with Crippen molar-refractivity contribution in [1.82, 2.24) is 4.90 Å². The van der Waals surface area contributed by atoms with Crippen molar-refractivity contribution in [3.63, 3.8) is 0 Å². The second kappa shape index (κ2) is 5.36. The third kappa shape index (κ3) is 2.44. The molecule has 2 fully saturated rings. The molecule has 1 aliphatic heterocycles. The number of carbonyl (C=O) groups is 2. The number of hydrogen-bond donors (Lipinski definition) is 0. The Morgan fingerprint density at radius 2 is 1.91 bits per heavy atom. The van der Waals surface area contributed by atoms with Crippen molar-refractivity contribution in [1.29, 1.82) is 0 Å². The molecule has 1 saturated heterocycles. The summed E-state index contributed by atoms with van der Waals surface area (Å²) in [6.07, 6.45) is 2.37. The summed E-state index contributed by atoms with van der Waals surface area (Å²) >= 11 is 0. The van der Waals surface area contributed by atoms with Crippen LogP contribution in [0.4, 0.5) is 0 Å². The number of methoxy groups -OCH3 is 1. The van der Waals surface area contributed by atoms with E-state index in [1.807, 2.05) is 4.90 Å². The lowest BCUT2D eigenvalue weighted by Gasteiger charge is -2.50. The lowest BCUT2D eigenvalue weighted by atomic mass is 9.63. The third-order valence-corrected chi connectivity index (χ3v) is 6.42. The average Bonchev–Trinajstić information content (AvgIpc) is 2.70. The summed E-state index contributed by atoms with van der Waals surface area (Å²) in [5.74, 6) is 0.157. The van der Waals surface area contributed by atoms with Crippen molar-refractivity contribution in [2.45, 2.75) is 33.6 Å². The van der Waals surface area contributed by atoms with Crippen LogP contribution in [0.25, 0.3) is 0 Å². The number of esters is 1. The van der Waals surface area contributed by atoms with Gasteiger partial charge in [-0.1, -0.05) is 26.8 Å². The third-order valence-electron chi connectivity index (χ3n) is 6.42. The average molecular weight is 315 g/mol. The van der Waals surface area contributed by atoms with Crippen molar-refractivity contribution in [2.75, 3.05) is 20.2 Å². The van der Waals surface area contributed by atoms with Gasteiger partial charge in [-0.25, -0.2) is 4.79 Å². The maximum atomic E-state index is 12.9. The highest BCUT2D eigenvalue weighted by Gasteiger charge is 2.56. The minimum absolute atomic E-state index is 0.0179. The lowest BCUT2D eigenvalue weighted by molar-refractivity contribution is -0.0107. The van der Waals surface area contributed by atoms with Crippen LogP contribution in [0.3, 0.4) is 0 Å². The lowest BCUT2D eigenvalue weighted by Crippen LogP contribution is -2.53. The molecule has 2 unspecified atom stereocenters. The van der Waals surface area contributed by atoms with Gasteiger partial charge >= 0.3 is 5.97 Å². The standard InChI is InChI=1S/C19H25NO3/c1-18(2)15-8-9-19(18,3)12-20(11-15)16(21)13-6-5-7-14(10-13)17(22)23-4/h5-7,10,15H,8-9,11-12H2,1-4H3. The van der Waals surface area contributed by atoms with Crippen LogP contribution >= 0.6 is 0 Å². The van der Waals surface area contributed by atoms with Crippen LogP contribution in [0.5, 0.6) is 0 Å². The smallest absolute Gasteiger partial charge is 0.337 e. The van der Waals surface area contributed by atoms with Crippen LogP contribution < -0.4 is 0 Å². The first kappa shape index (κ1) is 16.0. The predicted molar refractivity (Wildman–Crippen MR) is 88.3 cm³/mol. The molecule has 0 aromatic heterocycles. The molecule has 2 aliphatic rings. The molecule has 0 N–H and O–H groups in total. The number of fused-ring (bicyclic) bond motifs is 2. The van der Waals surface area contributed by atoms with Crippen LogP contribution in [0.2, 0.25) is 0 Å². The largest absolute Gasteiger partial charge is 0.465 e. The van der Waals surface area contributed by atoms with Crippen LogP contribution in [0.1, 0.15) is 54.3 Å². The fraction of sp³-hybridized carbons (Fsp3) is 0.579. The first-order valence-corrected chi connectivity index (χ1v) is 8.26. The molecule has 1 saturated carbocycles. The Hall–Kier alpha value is -1.84. The normalized spacial score (nSPS) is 28.5. The predicted octanol–water partition coefficient (Wildman–Crippen LogP) is 3.37. The van der Waals surface area contributed by atoms with Gasteiger partial charge in [0, 0.05) is 18.7 Å². The van der Waals surface area contributed by atoms with Gasteiger partial charge in [-0.05, 0) is 47.8 Å². The van der Waals surface area contributed by atoms with E-state index in [4.69, 9.17) is 4.74 Å². The number of benzene rings is 1. The summed E-state index contributed by atoms with van der Waals surface area (Å²) in [6.45, 7) is 8.58. The number of nitrogens with zero attached hydrogens (tertiary/aromatic N) is 1. The van der Waals surface area contributed by atoms with Gasteiger partial charge in [-0.3, -0.25) is 4.79 Å². The summed E-state index contributed by atoms with van der Waals surface area (Å²) in [6, 6.07) is 6.83. The van der Waals surface area contributed by atoms with Crippen molar-refractivity contribution < 1.29 is 14.3 Å². The summed E-state index contributed by atoms with van der Waals surface area (Å²) in [5.41, 5.74) is 1.43. The quantitative estimate of drug-likeness (QED) is 0.786. The first-order valence-electron chi connectivity index (χ1n) is 8.26. The van der Waals surface area contributed by atoms with Crippen LogP contribution in [-0.2, 0) is 4.74 Å². The maximum absolute atomic E-state index is 12.9. The molecule has 1 aromatic rings. The van der Waals surface area contributed by atoms with Gasteiger partial charge in [0.2, 0.25) is 0 Å². The molecule has 0 spiro atoms. The molecule has 1 aromatic carbocycles. The van der Waals surface area contributed by atoms with Gasteiger partial charge in [-0.2, -0.15) is 0 Å². The van der Waals surface area contributed by atoms with E-state index in [0.717, 1.165) is 13.1 Å². The molecule has 2 atom stereocenters. The molecule has 4 heteroatoms. The SMILES string of the molecule is COC(=O)c1cccc(C(=O)N2CC3CCC(C)(C2)C3(C)C)c1. The molecule has 2 bridgehead atoms. The van der Waals surface area contributed by atoms with E-state index in [9.17, 15) is 9.59 Å². The van der Waals surface area contributed by atoms with E-state index in [0.29, 0.717) is 17.0 Å². The Labute approximate surface area is 137 Å². The summed E-state index contributed by atoms with van der Waals surface area (Å²) < 4.78 is 4.74. The molecule has 3 rings (SSSR count). The highest BCUT2D eigenvalue weighted by molar-refractivity contribution is 5.98. The van der Waals surface area contributed by atoms with Crippen molar-refractivity contribution in [2.24, 2.45) is 16.7 Å². The fourth-order valence-corrected chi connectivity index (χ4v) is 4.26. The Kier molecular flexibility index (Phi) is 3.74. The van der Waals surface area contributed by atoms with Crippen molar-refractivity contribution in [3.8, 4) is 0 Å². The number of carbonyl (C=O) groups excluding carboxylic acids is 2. The van der Waals surface area contributed by atoms with Crippen LogP contribution in [0.15, 0.2) is 24.3 Å². The summed E-state index contributed by atoms with van der Waals surface area (Å²) in [4.78, 5) is 26.5. The number of rotatable bonds is 2. The zero-order valence-corrected chi connectivity index (χ0v) is 14.4. The maximum Gasteiger partial charge on any atom is 0.337 e. The van der Waals surface area contributed by atoms with Gasteiger partial charge in [0.1, 0.15) is 0 Å². The summed E-state index contributed by atoms with van der Waals surface area (Å²) in [7, 11) is 1.35. The van der Waals surface area contributed by atoms with Crippen molar-refractivity contribution in [3.05, 3.63) is 35.4 Å². The molecule has 4 nitrogen and oxygen atoms in total. The van der Waals surface area contributed by atoms with E-state index in [2.05, 4.69) is 20.8 Å². The Bertz CT molecular complexity index is 652. The first-order chi connectivity index (χ1) is 10.8. The van der Waals surface area contributed by atoms with E-state index in [1.54, 1.807) is 24.3 Å². The van der Waals surface area contributed by atoms with E-state index in [1.165, 1.54) is 20.0 Å². The van der Waals surface area contributed by atoms with E-state index >= 15 is 0 Å². The van der Waals surface area contributed by atoms with Gasteiger partial charge in [0.25, 0.3) is 5.91 Å². The minimum Gasteiger partial charge on any atom is -0.465 e. The molecule has 23 heavy (non-hydrogen) atoms. The van der Waals surface area contributed by atoms with Gasteiger partial charge in [-0.15, -0.1) is 0 Å². The van der Waals surface area contributed by atoms with Gasteiger partial charge < -0.3 is 9.64 Å². The number of ether oxygens (including phenoxy) is 1. The molecule has 0 radical (unpaired) electrons. The monoisotopic (exact) mass is 315 g/mol. The zero-order valence-electron chi connectivity index (χ0n) is 14.4. The Balaban J connectivity index is 1.84. The minimum atomic E-state index is -0.411. The Morgan fingerprint density at radius 1 is 1.22 bits per heavy atom. The van der Waals surface area contributed by atoms with Gasteiger partial charge in [0.05, 0.1) is 12.7 Å².